The van der Waals surface area contributed by atoms with Crippen LogP contribution in [0, 0.1) is 13.8 Å². The lowest BCUT2D eigenvalue weighted by molar-refractivity contribution is -0.116. The van der Waals surface area contributed by atoms with Crippen molar-refractivity contribution >= 4 is 44.9 Å². The van der Waals surface area contributed by atoms with Crippen molar-refractivity contribution in [3.8, 4) is 0 Å². The Labute approximate surface area is 182 Å². The first-order valence-electron chi connectivity index (χ1n) is 9.30. The highest BCUT2D eigenvalue weighted by Gasteiger charge is 2.30. The molecule has 2 aromatic carbocycles. The van der Waals surface area contributed by atoms with Gasteiger partial charge in [0.15, 0.2) is 0 Å². The topological polar surface area (TPSA) is 92.8 Å². The van der Waals surface area contributed by atoms with E-state index in [9.17, 15) is 18.0 Å². The first kappa shape index (κ1) is 23.7. The number of ether oxygens (including phenoxy) is 1. The van der Waals surface area contributed by atoms with E-state index in [-0.39, 0.29) is 17.2 Å². The van der Waals surface area contributed by atoms with E-state index >= 15 is 0 Å². The van der Waals surface area contributed by atoms with Crippen LogP contribution < -0.4 is 9.62 Å². The summed E-state index contributed by atoms with van der Waals surface area (Å²) < 4.78 is 31.1. The van der Waals surface area contributed by atoms with E-state index in [2.05, 4.69) is 5.32 Å². The number of hydrogen-bond donors (Lipinski definition) is 1. The molecule has 0 aromatic heterocycles. The first-order chi connectivity index (χ1) is 14.0. The maximum absolute atomic E-state index is 12.9. The van der Waals surface area contributed by atoms with Gasteiger partial charge in [-0.2, -0.15) is 0 Å². The quantitative estimate of drug-likeness (QED) is 0.642. The lowest BCUT2D eigenvalue weighted by atomic mass is 10.1. The zero-order valence-corrected chi connectivity index (χ0v) is 19.1. The van der Waals surface area contributed by atoms with Crippen molar-refractivity contribution in [1.82, 2.24) is 0 Å². The van der Waals surface area contributed by atoms with Crippen LogP contribution in [0.2, 0.25) is 5.02 Å². The monoisotopic (exact) mass is 452 g/mol. The predicted molar refractivity (Wildman–Crippen MR) is 119 cm³/mol. The Hall–Kier alpha value is -2.58. The Morgan fingerprint density at radius 2 is 1.83 bits per heavy atom. The van der Waals surface area contributed by atoms with Gasteiger partial charge in [0.05, 0.1) is 29.1 Å². The van der Waals surface area contributed by atoms with Gasteiger partial charge in [0.25, 0.3) is 0 Å². The minimum absolute atomic E-state index is 0.110. The molecule has 2 aromatic rings. The molecule has 1 amide bonds. The second-order valence-electron chi connectivity index (χ2n) is 6.93. The maximum Gasteiger partial charge on any atom is 0.339 e. The van der Waals surface area contributed by atoms with Crippen LogP contribution in [0.25, 0.3) is 0 Å². The number of carbonyl (C=O) groups excluding carboxylic acids is 2. The molecular formula is C21H25ClN2O5S. The van der Waals surface area contributed by atoms with Gasteiger partial charge in [0.2, 0.25) is 15.9 Å². The number of sulfonamides is 1. The number of aryl methyl sites for hydroxylation is 2. The van der Waals surface area contributed by atoms with Crippen molar-refractivity contribution < 1.29 is 22.7 Å². The molecule has 0 aliphatic heterocycles. The molecule has 162 valence electrons. The van der Waals surface area contributed by atoms with E-state index in [0.717, 1.165) is 21.7 Å². The van der Waals surface area contributed by atoms with E-state index in [1.807, 2.05) is 13.0 Å². The summed E-state index contributed by atoms with van der Waals surface area (Å²) in [6.45, 7) is 6.98. The largest absolute Gasteiger partial charge is 0.462 e. The van der Waals surface area contributed by atoms with Gasteiger partial charge in [0.1, 0.15) is 6.04 Å². The van der Waals surface area contributed by atoms with E-state index in [1.165, 1.54) is 25.1 Å². The third kappa shape index (κ3) is 5.52. The van der Waals surface area contributed by atoms with Gasteiger partial charge in [-0.15, -0.1) is 0 Å². The Kier molecular flexibility index (Phi) is 7.49. The van der Waals surface area contributed by atoms with Gasteiger partial charge in [-0.25, -0.2) is 13.2 Å². The highest BCUT2D eigenvalue weighted by Crippen LogP contribution is 2.27. The summed E-state index contributed by atoms with van der Waals surface area (Å²) in [6.07, 6.45) is 1.06. The lowest BCUT2D eigenvalue weighted by Gasteiger charge is -2.29. The molecule has 2 rings (SSSR count). The Bertz CT molecular complexity index is 1070. The predicted octanol–water partition coefficient (Wildman–Crippen LogP) is 3.93. The van der Waals surface area contributed by atoms with Crippen LogP contribution >= 0.6 is 11.6 Å². The molecule has 1 atom stereocenters. The van der Waals surface area contributed by atoms with Crippen LogP contribution in [0.1, 0.15) is 35.3 Å². The number of halogens is 1. The average molecular weight is 453 g/mol. The first-order valence-corrected chi connectivity index (χ1v) is 11.5. The third-order valence-electron chi connectivity index (χ3n) is 4.42. The minimum atomic E-state index is -3.75. The number of nitrogens with zero attached hydrogens (tertiary/aromatic N) is 1. The summed E-state index contributed by atoms with van der Waals surface area (Å²) in [5.74, 6) is -1.17. The molecule has 0 aliphatic rings. The molecule has 0 unspecified atom stereocenters. The summed E-state index contributed by atoms with van der Waals surface area (Å²) in [5, 5.41) is 2.84. The number of anilines is 2. The van der Waals surface area contributed by atoms with E-state index in [1.54, 1.807) is 26.0 Å². The summed E-state index contributed by atoms with van der Waals surface area (Å²) in [6, 6.07) is 8.75. The Balaban J connectivity index is 2.36. The van der Waals surface area contributed by atoms with Gasteiger partial charge in [0, 0.05) is 5.69 Å². The van der Waals surface area contributed by atoms with Gasteiger partial charge in [-0.3, -0.25) is 9.10 Å². The fourth-order valence-corrected chi connectivity index (χ4v) is 4.37. The van der Waals surface area contributed by atoms with E-state index in [0.29, 0.717) is 11.4 Å². The van der Waals surface area contributed by atoms with Crippen LogP contribution in [0.15, 0.2) is 36.4 Å². The van der Waals surface area contributed by atoms with Gasteiger partial charge in [-0.05, 0) is 63.1 Å². The minimum Gasteiger partial charge on any atom is -0.462 e. The second-order valence-corrected chi connectivity index (χ2v) is 9.20. The van der Waals surface area contributed by atoms with Gasteiger partial charge >= 0.3 is 5.97 Å². The molecule has 0 saturated heterocycles. The molecule has 1 N–H and O–H groups in total. The molecule has 9 heteroatoms. The number of hydrogen-bond acceptors (Lipinski definition) is 5. The number of rotatable bonds is 7. The summed E-state index contributed by atoms with van der Waals surface area (Å²) in [5.41, 5.74) is 2.44. The lowest BCUT2D eigenvalue weighted by Crippen LogP contribution is -2.45. The van der Waals surface area contributed by atoms with Crippen molar-refractivity contribution in [2.75, 3.05) is 22.5 Å². The highest BCUT2D eigenvalue weighted by atomic mass is 35.5. The molecule has 0 fully saturated rings. The smallest absolute Gasteiger partial charge is 0.339 e. The van der Waals surface area contributed by atoms with Crippen LogP contribution in [0.4, 0.5) is 11.4 Å². The van der Waals surface area contributed by atoms with Gasteiger partial charge < -0.3 is 10.1 Å². The molecule has 0 spiro atoms. The van der Waals surface area contributed by atoms with E-state index < -0.39 is 27.9 Å². The summed E-state index contributed by atoms with van der Waals surface area (Å²) in [7, 11) is -3.75. The number of carbonyl (C=O) groups is 2. The molecule has 0 aliphatic carbocycles. The third-order valence-corrected chi connectivity index (χ3v) is 5.98. The van der Waals surface area contributed by atoms with Crippen LogP contribution in [0.5, 0.6) is 0 Å². The Morgan fingerprint density at radius 1 is 1.17 bits per heavy atom. The fraction of sp³-hybridized carbons (Fsp3) is 0.333. The molecule has 0 radical (unpaired) electrons. The second kappa shape index (κ2) is 9.49. The van der Waals surface area contributed by atoms with Crippen molar-refractivity contribution in [3.05, 3.63) is 58.1 Å². The fourth-order valence-electron chi connectivity index (χ4n) is 2.95. The normalized spacial score (nSPS) is 12.2. The molecule has 30 heavy (non-hydrogen) atoms. The van der Waals surface area contributed by atoms with Crippen LogP contribution in [0.3, 0.4) is 0 Å². The van der Waals surface area contributed by atoms with Crippen molar-refractivity contribution in [2.45, 2.75) is 33.7 Å². The number of esters is 1. The number of nitrogens with one attached hydrogen (secondary N) is 1. The molecule has 0 heterocycles. The molecule has 7 nitrogen and oxygen atoms in total. The zero-order chi connectivity index (χ0) is 22.6. The standard InChI is InChI=1S/C21H25ClN2O5S/c1-6-29-21(26)17-12-16(9-10-18(17)22)23-20(25)15(4)24(30(5,27)28)19-11-13(2)7-8-14(19)3/h7-12,15H,6H2,1-5H3,(H,23,25)/t15-/m1/s1. The SMILES string of the molecule is CCOC(=O)c1cc(NC(=O)[C@@H](C)N(c2cc(C)ccc2C)S(C)(=O)=O)ccc1Cl. The van der Waals surface area contributed by atoms with Gasteiger partial charge in [-0.1, -0.05) is 23.7 Å². The maximum atomic E-state index is 12.9. The number of amides is 1. The van der Waals surface area contributed by atoms with Crippen molar-refractivity contribution in [2.24, 2.45) is 0 Å². The van der Waals surface area contributed by atoms with Crippen LogP contribution in [-0.2, 0) is 19.6 Å². The van der Waals surface area contributed by atoms with Crippen LogP contribution in [-0.4, -0.2) is 39.2 Å². The molecule has 0 bridgehead atoms. The van der Waals surface area contributed by atoms with E-state index in [4.69, 9.17) is 16.3 Å². The number of benzene rings is 2. The highest BCUT2D eigenvalue weighted by molar-refractivity contribution is 7.92. The Morgan fingerprint density at radius 3 is 2.43 bits per heavy atom. The molecular weight excluding hydrogens is 428 g/mol. The average Bonchev–Trinajstić information content (AvgIpc) is 2.65. The van der Waals surface area contributed by atoms with Crippen molar-refractivity contribution in [3.63, 3.8) is 0 Å². The summed E-state index contributed by atoms with van der Waals surface area (Å²) in [4.78, 5) is 24.9. The molecule has 0 saturated carbocycles. The zero-order valence-electron chi connectivity index (χ0n) is 17.5. The van der Waals surface area contributed by atoms with Crippen molar-refractivity contribution in [1.29, 1.82) is 0 Å². The summed E-state index contributed by atoms with van der Waals surface area (Å²) >= 11 is 6.05.